The van der Waals surface area contributed by atoms with Crippen LogP contribution in [-0.2, 0) is 11.8 Å². The van der Waals surface area contributed by atoms with Gasteiger partial charge < -0.3 is 9.64 Å². The minimum absolute atomic E-state index is 0.168. The van der Waals surface area contributed by atoms with E-state index in [4.69, 9.17) is 4.74 Å². The zero-order chi connectivity index (χ0) is 17.2. The highest BCUT2D eigenvalue weighted by molar-refractivity contribution is 5.92. The summed E-state index contributed by atoms with van der Waals surface area (Å²) < 4.78 is 6.88. The van der Waals surface area contributed by atoms with Gasteiger partial charge in [0, 0.05) is 37.9 Å². The molecular weight excluding hydrogens is 322 g/mol. The number of pyridine rings is 2. The molecule has 9 heteroatoms. The second-order valence-corrected chi connectivity index (χ2v) is 5.79. The van der Waals surface area contributed by atoms with Crippen LogP contribution in [0.2, 0.25) is 0 Å². The SMILES string of the molecule is Cn1cc(-c2cc3cc(NC(=O)N4CCOCC4)ncc3cn2)nn1. The molecule has 1 aliphatic heterocycles. The quantitative estimate of drug-likeness (QED) is 0.755. The van der Waals surface area contributed by atoms with Crippen molar-refractivity contribution in [1.82, 2.24) is 29.9 Å². The van der Waals surface area contributed by atoms with Crippen LogP contribution < -0.4 is 5.32 Å². The molecule has 0 spiro atoms. The molecule has 9 nitrogen and oxygen atoms in total. The summed E-state index contributed by atoms with van der Waals surface area (Å²) in [6.45, 7) is 2.29. The van der Waals surface area contributed by atoms with Crippen molar-refractivity contribution in [2.75, 3.05) is 31.6 Å². The van der Waals surface area contributed by atoms with E-state index in [1.807, 2.05) is 12.1 Å². The van der Waals surface area contributed by atoms with Crippen LogP contribution in [0.3, 0.4) is 0 Å². The number of aromatic nitrogens is 5. The van der Waals surface area contributed by atoms with Gasteiger partial charge in [0.1, 0.15) is 11.5 Å². The number of nitrogens with zero attached hydrogens (tertiary/aromatic N) is 6. The Kier molecular flexibility index (Phi) is 3.98. The molecule has 1 fully saturated rings. The van der Waals surface area contributed by atoms with Gasteiger partial charge >= 0.3 is 6.03 Å². The molecule has 25 heavy (non-hydrogen) atoms. The van der Waals surface area contributed by atoms with Crippen LogP contribution in [0, 0.1) is 0 Å². The summed E-state index contributed by atoms with van der Waals surface area (Å²) in [5.41, 5.74) is 1.41. The molecule has 3 aromatic rings. The van der Waals surface area contributed by atoms with Gasteiger partial charge in [-0.25, -0.2) is 9.78 Å². The fourth-order valence-corrected chi connectivity index (χ4v) is 2.67. The molecular formula is C16H17N7O2. The highest BCUT2D eigenvalue weighted by Crippen LogP contribution is 2.21. The Bertz CT molecular complexity index is 918. The van der Waals surface area contributed by atoms with Gasteiger partial charge in [0.25, 0.3) is 0 Å². The van der Waals surface area contributed by atoms with Crippen molar-refractivity contribution in [3.63, 3.8) is 0 Å². The van der Waals surface area contributed by atoms with Crippen LogP contribution in [0.15, 0.2) is 30.7 Å². The molecule has 0 aromatic carbocycles. The number of morpholine rings is 1. The largest absolute Gasteiger partial charge is 0.378 e. The van der Waals surface area contributed by atoms with Gasteiger partial charge in [-0.1, -0.05) is 5.21 Å². The summed E-state index contributed by atoms with van der Waals surface area (Å²) in [4.78, 5) is 22.7. The molecule has 4 heterocycles. The van der Waals surface area contributed by atoms with Crippen LogP contribution in [0.1, 0.15) is 0 Å². The maximum atomic E-state index is 12.3. The van der Waals surface area contributed by atoms with Gasteiger partial charge in [-0.05, 0) is 17.5 Å². The van der Waals surface area contributed by atoms with Crippen molar-refractivity contribution in [3.05, 3.63) is 30.7 Å². The smallest absolute Gasteiger partial charge is 0.323 e. The third-order valence-corrected chi connectivity index (χ3v) is 4.00. The zero-order valence-electron chi connectivity index (χ0n) is 13.7. The van der Waals surface area contributed by atoms with Crippen molar-refractivity contribution >= 4 is 22.6 Å². The predicted molar refractivity (Wildman–Crippen MR) is 90.9 cm³/mol. The molecule has 0 unspecified atom stereocenters. The average Bonchev–Trinajstić information content (AvgIpc) is 3.08. The lowest BCUT2D eigenvalue weighted by molar-refractivity contribution is 0.0564. The molecule has 4 rings (SSSR count). The van der Waals surface area contributed by atoms with E-state index in [0.29, 0.717) is 37.8 Å². The number of hydrogen-bond acceptors (Lipinski definition) is 6. The summed E-state index contributed by atoms with van der Waals surface area (Å²) in [6.07, 6.45) is 5.23. The van der Waals surface area contributed by atoms with E-state index in [0.717, 1.165) is 16.5 Å². The third kappa shape index (κ3) is 3.26. The molecule has 1 saturated heterocycles. The first kappa shape index (κ1) is 15.5. The van der Waals surface area contributed by atoms with E-state index in [2.05, 4.69) is 25.6 Å². The standard InChI is InChI=1S/C16H17N7O2/c1-22-10-14(20-21-22)13-6-11-7-15(18-9-12(11)8-17-13)19-16(24)23-2-4-25-5-3-23/h6-10H,2-5H2,1H3,(H,18,19,24). The number of anilines is 1. The number of hydrogen-bond donors (Lipinski definition) is 1. The molecule has 128 valence electrons. The lowest BCUT2D eigenvalue weighted by Gasteiger charge is -2.26. The molecule has 0 radical (unpaired) electrons. The van der Waals surface area contributed by atoms with Crippen LogP contribution in [0.25, 0.3) is 22.2 Å². The van der Waals surface area contributed by atoms with Gasteiger partial charge in [-0.15, -0.1) is 5.10 Å². The maximum absolute atomic E-state index is 12.3. The Balaban J connectivity index is 1.59. The Labute approximate surface area is 143 Å². The van der Waals surface area contributed by atoms with Crippen molar-refractivity contribution in [2.24, 2.45) is 7.05 Å². The first-order valence-electron chi connectivity index (χ1n) is 7.95. The van der Waals surface area contributed by atoms with Gasteiger partial charge in [0.05, 0.1) is 25.1 Å². The number of nitrogens with one attached hydrogen (secondary N) is 1. The molecule has 0 saturated carbocycles. The molecule has 1 N–H and O–H groups in total. The Hall–Kier alpha value is -3.07. The first-order chi connectivity index (χ1) is 12.2. The van der Waals surface area contributed by atoms with E-state index in [-0.39, 0.29) is 6.03 Å². The van der Waals surface area contributed by atoms with Gasteiger partial charge in [0.15, 0.2) is 0 Å². The maximum Gasteiger partial charge on any atom is 0.323 e. The normalized spacial score (nSPS) is 14.7. The highest BCUT2D eigenvalue weighted by Gasteiger charge is 2.17. The van der Waals surface area contributed by atoms with Gasteiger partial charge in [-0.2, -0.15) is 0 Å². The fraction of sp³-hybridized carbons (Fsp3) is 0.312. The second kappa shape index (κ2) is 6.44. The number of carbonyl (C=O) groups excluding carboxylic acids is 1. The third-order valence-electron chi connectivity index (χ3n) is 4.00. The van der Waals surface area contributed by atoms with E-state index in [1.165, 1.54) is 0 Å². The van der Waals surface area contributed by atoms with E-state index in [9.17, 15) is 4.79 Å². The minimum atomic E-state index is -0.168. The van der Waals surface area contributed by atoms with Crippen LogP contribution in [0.4, 0.5) is 10.6 Å². The number of ether oxygens (including phenoxy) is 1. The predicted octanol–water partition coefficient (Wildman–Crippen LogP) is 1.29. The molecule has 0 bridgehead atoms. The number of amides is 2. The number of fused-ring (bicyclic) bond motifs is 1. The average molecular weight is 339 g/mol. The van der Waals surface area contributed by atoms with Crippen LogP contribution >= 0.6 is 0 Å². The van der Waals surface area contributed by atoms with Gasteiger partial charge in [0.2, 0.25) is 0 Å². The van der Waals surface area contributed by atoms with Crippen molar-refractivity contribution in [2.45, 2.75) is 0 Å². The number of carbonyl (C=O) groups is 1. The summed E-state index contributed by atoms with van der Waals surface area (Å²) in [5.74, 6) is 0.500. The Morgan fingerprint density at radius 2 is 1.92 bits per heavy atom. The zero-order valence-corrected chi connectivity index (χ0v) is 13.7. The number of urea groups is 1. The lowest BCUT2D eigenvalue weighted by atomic mass is 10.2. The van der Waals surface area contributed by atoms with E-state index >= 15 is 0 Å². The van der Waals surface area contributed by atoms with E-state index in [1.54, 1.807) is 35.2 Å². The molecule has 0 atom stereocenters. The topological polar surface area (TPSA) is 98.1 Å². The number of aryl methyl sites for hydroxylation is 1. The van der Waals surface area contributed by atoms with Crippen LogP contribution in [0.5, 0.6) is 0 Å². The van der Waals surface area contributed by atoms with Crippen LogP contribution in [-0.4, -0.2) is 62.2 Å². The number of rotatable bonds is 2. The monoisotopic (exact) mass is 339 g/mol. The Morgan fingerprint density at radius 3 is 2.68 bits per heavy atom. The summed E-state index contributed by atoms with van der Waals surface area (Å²) in [7, 11) is 1.81. The van der Waals surface area contributed by atoms with Crippen molar-refractivity contribution in [3.8, 4) is 11.4 Å². The molecule has 3 aromatic heterocycles. The molecule has 1 aliphatic rings. The highest BCUT2D eigenvalue weighted by atomic mass is 16.5. The fourth-order valence-electron chi connectivity index (χ4n) is 2.67. The van der Waals surface area contributed by atoms with Crippen molar-refractivity contribution in [1.29, 1.82) is 0 Å². The first-order valence-corrected chi connectivity index (χ1v) is 7.95. The lowest BCUT2D eigenvalue weighted by Crippen LogP contribution is -2.43. The molecule has 0 aliphatic carbocycles. The van der Waals surface area contributed by atoms with Gasteiger partial charge in [-0.3, -0.25) is 15.0 Å². The second-order valence-electron chi connectivity index (χ2n) is 5.79. The molecule has 2 amide bonds. The summed E-state index contributed by atoms with van der Waals surface area (Å²) in [5, 5.41) is 12.6. The summed E-state index contributed by atoms with van der Waals surface area (Å²) in [6, 6.07) is 3.57. The van der Waals surface area contributed by atoms with Crippen molar-refractivity contribution < 1.29 is 9.53 Å². The minimum Gasteiger partial charge on any atom is -0.378 e. The summed E-state index contributed by atoms with van der Waals surface area (Å²) >= 11 is 0. The Morgan fingerprint density at radius 1 is 1.12 bits per heavy atom. The van der Waals surface area contributed by atoms with E-state index < -0.39 is 0 Å².